The van der Waals surface area contributed by atoms with Gasteiger partial charge in [-0.2, -0.15) is 5.10 Å². The Bertz CT molecular complexity index is 918. The third-order valence-electron chi connectivity index (χ3n) is 5.36. The van der Waals surface area contributed by atoms with Crippen LogP contribution < -0.4 is 19.1 Å². The first-order valence-corrected chi connectivity index (χ1v) is 9.31. The van der Waals surface area contributed by atoms with Crippen LogP contribution in [0.3, 0.4) is 0 Å². The monoisotopic (exact) mass is 401 g/mol. The van der Waals surface area contributed by atoms with Crippen molar-refractivity contribution in [1.82, 2.24) is 19.7 Å². The first-order valence-electron chi connectivity index (χ1n) is 9.31. The first kappa shape index (κ1) is 19.0. The quantitative estimate of drug-likeness (QED) is 0.727. The highest BCUT2D eigenvalue weighted by Gasteiger charge is 2.38. The van der Waals surface area contributed by atoms with Crippen molar-refractivity contribution in [2.45, 2.75) is 19.5 Å². The van der Waals surface area contributed by atoms with Gasteiger partial charge in [0.15, 0.2) is 11.5 Å². The largest absolute Gasteiger partial charge is 0.493 e. The molecule has 2 aliphatic rings. The maximum atomic E-state index is 13.0. The van der Waals surface area contributed by atoms with Gasteiger partial charge in [-0.3, -0.25) is 9.59 Å². The molecule has 0 radical (unpaired) electrons. The second kappa shape index (κ2) is 7.61. The number of ether oxygens (including phenoxy) is 3. The SMILES string of the molecule is COc1cc(N2CC(C(=O)N3CCn4ncnc4C3)CC2=O)cc(OC)c1OC. The van der Waals surface area contributed by atoms with Gasteiger partial charge >= 0.3 is 0 Å². The molecule has 0 spiro atoms. The third-order valence-corrected chi connectivity index (χ3v) is 5.36. The van der Waals surface area contributed by atoms with Crippen molar-refractivity contribution < 1.29 is 23.8 Å². The van der Waals surface area contributed by atoms with E-state index in [2.05, 4.69) is 10.1 Å². The molecular formula is C19H23N5O5. The van der Waals surface area contributed by atoms with Crippen molar-refractivity contribution in [3.8, 4) is 17.2 Å². The smallest absolute Gasteiger partial charge is 0.228 e. The van der Waals surface area contributed by atoms with E-state index >= 15 is 0 Å². The molecule has 4 rings (SSSR count). The molecule has 0 aliphatic carbocycles. The Morgan fingerprint density at radius 2 is 1.83 bits per heavy atom. The molecule has 10 heteroatoms. The molecule has 2 aromatic rings. The van der Waals surface area contributed by atoms with Crippen LogP contribution in [0.15, 0.2) is 18.5 Å². The average molecular weight is 401 g/mol. The van der Waals surface area contributed by atoms with E-state index in [0.717, 1.165) is 5.82 Å². The second-order valence-corrected chi connectivity index (χ2v) is 6.95. The summed E-state index contributed by atoms with van der Waals surface area (Å²) in [5, 5.41) is 4.13. The number of aromatic nitrogens is 3. The first-order chi connectivity index (χ1) is 14.0. The van der Waals surface area contributed by atoms with Crippen LogP contribution in [-0.4, -0.2) is 65.9 Å². The molecule has 1 atom stereocenters. The number of hydrogen-bond donors (Lipinski definition) is 0. The third kappa shape index (κ3) is 3.34. The zero-order chi connectivity index (χ0) is 20.5. The van der Waals surface area contributed by atoms with Crippen LogP contribution in [0.4, 0.5) is 5.69 Å². The van der Waals surface area contributed by atoms with E-state index in [-0.39, 0.29) is 18.2 Å². The lowest BCUT2D eigenvalue weighted by molar-refractivity contribution is -0.137. The van der Waals surface area contributed by atoms with Gasteiger partial charge in [-0.05, 0) is 0 Å². The fourth-order valence-corrected chi connectivity index (χ4v) is 3.85. The van der Waals surface area contributed by atoms with Crippen molar-refractivity contribution in [3.63, 3.8) is 0 Å². The highest BCUT2D eigenvalue weighted by molar-refractivity contribution is 6.00. The summed E-state index contributed by atoms with van der Waals surface area (Å²) < 4.78 is 17.9. The molecule has 0 bridgehead atoms. The number of rotatable bonds is 5. The number of hydrogen-bond acceptors (Lipinski definition) is 7. The summed E-state index contributed by atoms with van der Waals surface area (Å²) >= 11 is 0. The van der Waals surface area contributed by atoms with Gasteiger partial charge in [0, 0.05) is 31.6 Å². The molecule has 1 fully saturated rings. The molecule has 1 saturated heterocycles. The number of amides is 2. The van der Waals surface area contributed by atoms with Crippen LogP contribution in [0.25, 0.3) is 0 Å². The summed E-state index contributed by atoms with van der Waals surface area (Å²) in [5.41, 5.74) is 0.609. The van der Waals surface area contributed by atoms with Crippen LogP contribution in [-0.2, 0) is 22.7 Å². The highest BCUT2D eigenvalue weighted by Crippen LogP contribution is 2.42. The number of fused-ring (bicyclic) bond motifs is 1. The fraction of sp³-hybridized carbons (Fsp3) is 0.474. The second-order valence-electron chi connectivity index (χ2n) is 6.95. The summed E-state index contributed by atoms with van der Waals surface area (Å²) in [6.07, 6.45) is 1.66. The van der Waals surface area contributed by atoms with Crippen LogP contribution in [0.2, 0.25) is 0 Å². The molecule has 2 amide bonds. The van der Waals surface area contributed by atoms with Gasteiger partial charge in [0.2, 0.25) is 17.6 Å². The van der Waals surface area contributed by atoms with E-state index in [1.54, 1.807) is 26.6 Å². The Balaban J connectivity index is 1.53. The van der Waals surface area contributed by atoms with Crippen molar-refractivity contribution >= 4 is 17.5 Å². The Morgan fingerprint density at radius 3 is 2.48 bits per heavy atom. The number of nitrogens with zero attached hydrogens (tertiary/aromatic N) is 5. The van der Waals surface area contributed by atoms with Crippen LogP contribution >= 0.6 is 0 Å². The van der Waals surface area contributed by atoms with Gasteiger partial charge in [0.25, 0.3) is 0 Å². The predicted molar refractivity (Wildman–Crippen MR) is 102 cm³/mol. The Hall–Kier alpha value is -3.30. The van der Waals surface area contributed by atoms with Gasteiger partial charge in [0.1, 0.15) is 12.2 Å². The van der Waals surface area contributed by atoms with Crippen molar-refractivity contribution in [2.24, 2.45) is 5.92 Å². The lowest BCUT2D eigenvalue weighted by atomic mass is 10.1. The number of carbonyl (C=O) groups excluding carboxylic acids is 2. The molecule has 1 unspecified atom stereocenters. The van der Waals surface area contributed by atoms with E-state index < -0.39 is 5.92 Å². The molecule has 10 nitrogen and oxygen atoms in total. The number of methoxy groups -OCH3 is 3. The summed E-state index contributed by atoms with van der Waals surface area (Å²) in [6, 6.07) is 3.44. The molecule has 29 heavy (non-hydrogen) atoms. The van der Waals surface area contributed by atoms with E-state index in [1.807, 2.05) is 0 Å². The number of benzene rings is 1. The van der Waals surface area contributed by atoms with Crippen molar-refractivity contribution in [1.29, 1.82) is 0 Å². The maximum Gasteiger partial charge on any atom is 0.228 e. The molecule has 0 saturated carbocycles. The van der Waals surface area contributed by atoms with Gasteiger partial charge in [-0.1, -0.05) is 0 Å². The molecule has 1 aromatic carbocycles. The van der Waals surface area contributed by atoms with E-state index in [1.165, 1.54) is 27.7 Å². The minimum absolute atomic E-state index is 0.0393. The topological polar surface area (TPSA) is 99.0 Å². The van der Waals surface area contributed by atoms with Crippen molar-refractivity contribution in [2.75, 3.05) is 39.3 Å². The van der Waals surface area contributed by atoms with Crippen LogP contribution in [0, 0.1) is 5.92 Å². The lowest BCUT2D eigenvalue weighted by Crippen LogP contribution is -2.42. The predicted octanol–water partition coefficient (Wildman–Crippen LogP) is 0.699. The minimum atomic E-state index is -0.406. The van der Waals surface area contributed by atoms with Gasteiger partial charge < -0.3 is 24.0 Å². The highest BCUT2D eigenvalue weighted by atomic mass is 16.5. The molecule has 1 aromatic heterocycles. The Labute approximate surface area is 168 Å². The standard InChI is InChI=1S/C19H23N5O5/c1-27-14-7-13(8-15(28-2)18(14)29-3)23-9-12(6-17(23)25)19(26)22-4-5-24-16(10-22)20-11-21-24/h7-8,11-12H,4-6,9-10H2,1-3H3. The van der Waals surface area contributed by atoms with Gasteiger partial charge in [-0.15, -0.1) is 0 Å². The van der Waals surface area contributed by atoms with Crippen LogP contribution in [0.1, 0.15) is 12.2 Å². The average Bonchev–Trinajstić information content (AvgIpc) is 3.37. The van der Waals surface area contributed by atoms with Crippen molar-refractivity contribution in [3.05, 3.63) is 24.3 Å². The summed E-state index contributed by atoms with van der Waals surface area (Å²) in [4.78, 5) is 33.3. The Morgan fingerprint density at radius 1 is 1.10 bits per heavy atom. The van der Waals surface area contributed by atoms with E-state index in [9.17, 15) is 9.59 Å². The van der Waals surface area contributed by atoms with Gasteiger partial charge in [0.05, 0.1) is 46.0 Å². The maximum absolute atomic E-state index is 13.0. The van der Waals surface area contributed by atoms with E-state index in [0.29, 0.717) is 49.1 Å². The fourth-order valence-electron chi connectivity index (χ4n) is 3.85. The van der Waals surface area contributed by atoms with E-state index in [4.69, 9.17) is 14.2 Å². The number of anilines is 1. The molecule has 0 N–H and O–H groups in total. The minimum Gasteiger partial charge on any atom is -0.493 e. The Kier molecular flexibility index (Phi) is 4.99. The molecular weight excluding hydrogens is 378 g/mol. The summed E-state index contributed by atoms with van der Waals surface area (Å²) in [7, 11) is 4.57. The molecule has 2 aliphatic heterocycles. The zero-order valence-corrected chi connectivity index (χ0v) is 16.6. The van der Waals surface area contributed by atoms with Crippen LogP contribution in [0.5, 0.6) is 17.2 Å². The van der Waals surface area contributed by atoms with Gasteiger partial charge in [-0.25, -0.2) is 9.67 Å². The summed E-state index contributed by atoms with van der Waals surface area (Å²) in [6.45, 7) is 1.88. The molecule has 154 valence electrons. The lowest BCUT2D eigenvalue weighted by Gasteiger charge is -2.29. The number of carbonyl (C=O) groups is 2. The normalized spacial score (nSPS) is 18.6. The molecule has 3 heterocycles. The summed E-state index contributed by atoms with van der Waals surface area (Å²) in [5.74, 6) is 1.57. The zero-order valence-electron chi connectivity index (χ0n) is 16.6.